The first-order chi connectivity index (χ1) is 15.1. The van der Waals surface area contributed by atoms with Gasteiger partial charge in [-0.15, -0.1) is 0 Å². The van der Waals surface area contributed by atoms with Crippen molar-refractivity contribution in [1.29, 1.82) is 0 Å². The SMILES string of the molecule is CCC(CC(=O)Nc1cccc(C(=O)O)c1)NC(=O)CNC(=O)C(NC(=O)CN)C(C)C. The average molecular weight is 450 g/mol. The number of carbonyl (C=O) groups is 5. The van der Waals surface area contributed by atoms with Gasteiger partial charge >= 0.3 is 5.97 Å². The Morgan fingerprint density at radius 3 is 2.28 bits per heavy atom. The molecule has 0 radical (unpaired) electrons. The predicted octanol–water partition coefficient (Wildman–Crippen LogP) is -0.176. The number of amides is 4. The Morgan fingerprint density at radius 1 is 1.03 bits per heavy atom. The average Bonchev–Trinajstić information content (AvgIpc) is 2.74. The highest BCUT2D eigenvalue weighted by Crippen LogP contribution is 2.12. The summed E-state index contributed by atoms with van der Waals surface area (Å²) in [6.07, 6.45) is 0.429. The fourth-order valence-corrected chi connectivity index (χ4v) is 2.79. The van der Waals surface area contributed by atoms with Gasteiger partial charge in [0.05, 0.1) is 18.7 Å². The molecule has 0 bridgehead atoms. The lowest BCUT2D eigenvalue weighted by Gasteiger charge is -2.22. The molecule has 0 aromatic heterocycles. The molecule has 11 heteroatoms. The highest BCUT2D eigenvalue weighted by molar-refractivity contribution is 5.94. The number of carbonyl (C=O) groups excluding carboxylic acids is 4. The van der Waals surface area contributed by atoms with Gasteiger partial charge in [0.2, 0.25) is 23.6 Å². The van der Waals surface area contributed by atoms with E-state index in [1.165, 1.54) is 18.2 Å². The molecule has 2 atom stereocenters. The molecular formula is C21H31N5O6. The summed E-state index contributed by atoms with van der Waals surface area (Å²) in [5, 5.41) is 19.3. The molecule has 1 rings (SSSR count). The molecule has 1 aromatic rings. The van der Waals surface area contributed by atoms with E-state index in [-0.39, 0.29) is 31.0 Å². The second-order valence-electron chi connectivity index (χ2n) is 7.52. The number of nitrogens with one attached hydrogen (secondary N) is 4. The van der Waals surface area contributed by atoms with Crippen molar-refractivity contribution in [2.45, 2.75) is 45.7 Å². The number of carboxylic acid groups (broad SMARTS) is 1. The summed E-state index contributed by atoms with van der Waals surface area (Å²) in [6, 6.07) is 4.51. The molecule has 0 spiro atoms. The fourth-order valence-electron chi connectivity index (χ4n) is 2.79. The zero-order valence-corrected chi connectivity index (χ0v) is 18.4. The van der Waals surface area contributed by atoms with E-state index in [1.54, 1.807) is 26.8 Å². The van der Waals surface area contributed by atoms with Gasteiger partial charge in [0.15, 0.2) is 0 Å². The van der Waals surface area contributed by atoms with Crippen LogP contribution in [-0.4, -0.2) is 59.9 Å². The van der Waals surface area contributed by atoms with Gasteiger partial charge in [-0.05, 0) is 30.5 Å². The van der Waals surface area contributed by atoms with Crippen molar-refractivity contribution in [3.8, 4) is 0 Å². The van der Waals surface area contributed by atoms with E-state index in [2.05, 4.69) is 21.3 Å². The first-order valence-electron chi connectivity index (χ1n) is 10.3. The first kappa shape index (κ1) is 26.6. The van der Waals surface area contributed by atoms with Crippen LogP contribution in [0.4, 0.5) is 5.69 Å². The third kappa shape index (κ3) is 9.13. The summed E-state index contributed by atoms with van der Waals surface area (Å²) in [7, 11) is 0. The largest absolute Gasteiger partial charge is 0.478 e. The summed E-state index contributed by atoms with van der Waals surface area (Å²) in [5.74, 6) is -3.19. The van der Waals surface area contributed by atoms with Crippen LogP contribution >= 0.6 is 0 Å². The highest BCUT2D eigenvalue weighted by Gasteiger charge is 2.24. The monoisotopic (exact) mass is 449 g/mol. The van der Waals surface area contributed by atoms with Crippen LogP contribution in [0.5, 0.6) is 0 Å². The molecule has 176 valence electrons. The smallest absolute Gasteiger partial charge is 0.335 e. The van der Waals surface area contributed by atoms with Crippen molar-refractivity contribution in [3.05, 3.63) is 29.8 Å². The molecule has 0 aliphatic heterocycles. The molecule has 0 aliphatic rings. The second kappa shape index (κ2) is 13.1. The van der Waals surface area contributed by atoms with Crippen molar-refractivity contribution < 1.29 is 29.1 Å². The molecule has 0 saturated heterocycles. The maximum Gasteiger partial charge on any atom is 0.335 e. The third-order valence-corrected chi connectivity index (χ3v) is 4.56. The van der Waals surface area contributed by atoms with Crippen molar-refractivity contribution in [2.24, 2.45) is 11.7 Å². The topological polar surface area (TPSA) is 180 Å². The van der Waals surface area contributed by atoms with Crippen LogP contribution in [0.1, 0.15) is 44.0 Å². The van der Waals surface area contributed by atoms with Gasteiger partial charge in [-0.1, -0.05) is 26.8 Å². The standard InChI is InChI=1S/C21H31N5O6/c1-4-14(9-16(27)25-15-7-5-6-13(8-15)21(31)32)24-18(29)11-23-20(30)19(12(2)3)26-17(28)10-22/h5-8,12,14,19H,4,9-11,22H2,1-3H3,(H,23,30)(H,24,29)(H,25,27)(H,26,28)(H,31,32). The van der Waals surface area contributed by atoms with Crippen molar-refractivity contribution in [1.82, 2.24) is 16.0 Å². The number of anilines is 1. The lowest BCUT2D eigenvalue weighted by Crippen LogP contribution is -2.53. The minimum absolute atomic E-state index is 0.0331. The van der Waals surface area contributed by atoms with Gasteiger partial charge in [0.25, 0.3) is 0 Å². The molecule has 32 heavy (non-hydrogen) atoms. The van der Waals surface area contributed by atoms with Gasteiger partial charge in [0, 0.05) is 18.2 Å². The van der Waals surface area contributed by atoms with Gasteiger partial charge in [-0.25, -0.2) is 4.79 Å². The zero-order chi connectivity index (χ0) is 24.3. The number of aromatic carboxylic acids is 1. The van der Waals surface area contributed by atoms with Crippen LogP contribution in [0.3, 0.4) is 0 Å². The van der Waals surface area contributed by atoms with Crippen LogP contribution in [0.2, 0.25) is 0 Å². The Bertz CT molecular complexity index is 842. The van der Waals surface area contributed by atoms with Gasteiger partial charge in [-0.3, -0.25) is 19.2 Å². The molecule has 0 aliphatic carbocycles. The van der Waals surface area contributed by atoms with E-state index >= 15 is 0 Å². The van der Waals surface area contributed by atoms with E-state index in [0.29, 0.717) is 12.1 Å². The minimum atomic E-state index is -1.11. The molecule has 11 nitrogen and oxygen atoms in total. The van der Waals surface area contributed by atoms with Crippen LogP contribution in [0.25, 0.3) is 0 Å². The Balaban J connectivity index is 2.56. The summed E-state index contributed by atoms with van der Waals surface area (Å²) in [6.45, 7) is 4.72. The molecular weight excluding hydrogens is 418 g/mol. The fraction of sp³-hybridized carbons (Fsp3) is 0.476. The Labute approximate surface area is 186 Å². The number of nitrogens with two attached hydrogens (primary N) is 1. The van der Waals surface area contributed by atoms with Crippen LogP contribution in [-0.2, 0) is 19.2 Å². The minimum Gasteiger partial charge on any atom is -0.478 e. The summed E-state index contributed by atoms with van der Waals surface area (Å²) >= 11 is 0. The van der Waals surface area contributed by atoms with Crippen LogP contribution in [0.15, 0.2) is 24.3 Å². The van der Waals surface area contributed by atoms with E-state index in [4.69, 9.17) is 10.8 Å². The molecule has 2 unspecified atom stereocenters. The number of hydrogen-bond acceptors (Lipinski definition) is 6. The molecule has 0 saturated carbocycles. The highest BCUT2D eigenvalue weighted by atomic mass is 16.4. The van der Waals surface area contributed by atoms with E-state index in [1.807, 2.05) is 0 Å². The quantitative estimate of drug-likeness (QED) is 0.256. The normalized spacial score (nSPS) is 12.4. The Kier molecular flexibility index (Phi) is 10.8. The van der Waals surface area contributed by atoms with Gasteiger partial charge in [0.1, 0.15) is 6.04 Å². The lowest BCUT2D eigenvalue weighted by molar-refractivity contribution is -0.131. The van der Waals surface area contributed by atoms with Crippen LogP contribution in [0, 0.1) is 5.92 Å². The van der Waals surface area contributed by atoms with E-state index in [0.717, 1.165) is 0 Å². The third-order valence-electron chi connectivity index (χ3n) is 4.56. The van der Waals surface area contributed by atoms with Gasteiger partial charge < -0.3 is 32.1 Å². The molecule has 1 aromatic carbocycles. The zero-order valence-electron chi connectivity index (χ0n) is 18.4. The number of rotatable bonds is 12. The molecule has 0 heterocycles. The lowest BCUT2D eigenvalue weighted by atomic mass is 10.0. The van der Waals surface area contributed by atoms with E-state index < -0.39 is 41.7 Å². The number of hydrogen-bond donors (Lipinski definition) is 6. The van der Waals surface area contributed by atoms with E-state index in [9.17, 15) is 24.0 Å². The summed E-state index contributed by atoms with van der Waals surface area (Å²) < 4.78 is 0. The molecule has 4 amide bonds. The summed E-state index contributed by atoms with van der Waals surface area (Å²) in [4.78, 5) is 59.3. The van der Waals surface area contributed by atoms with Crippen molar-refractivity contribution in [2.75, 3.05) is 18.4 Å². The molecule has 7 N–H and O–H groups in total. The van der Waals surface area contributed by atoms with Crippen LogP contribution < -0.4 is 27.0 Å². The van der Waals surface area contributed by atoms with Gasteiger partial charge in [-0.2, -0.15) is 0 Å². The number of carboxylic acids is 1. The predicted molar refractivity (Wildman–Crippen MR) is 118 cm³/mol. The Morgan fingerprint density at radius 2 is 1.72 bits per heavy atom. The second-order valence-corrected chi connectivity index (χ2v) is 7.52. The maximum atomic E-state index is 12.3. The van der Waals surface area contributed by atoms with Crippen molar-refractivity contribution in [3.63, 3.8) is 0 Å². The molecule has 0 fully saturated rings. The number of benzene rings is 1. The first-order valence-corrected chi connectivity index (χ1v) is 10.3. The van der Waals surface area contributed by atoms with Crippen molar-refractivity contribution >= 4 is 35.3 Å². The maximum absolute atomic E-state index is 12.3. The summed E-state index contributed by atoms with van der Waals surface area (Å²) in [5.41, 5.74) is 5.63. The Hall–Kier alpha value is -3.47.